The molecule has 0 saturated carbocycles. The number of hydrogen-bond acceptors (Lipinski definition) is 27. The van der Waals surface area contributed by atoms with Crippen LogP contribution in [-0.2, 0) is 68.5 Å². The minimum absolute atomic E-state index is 0. The van der Waals surface area contributed by atoms with E-state index in [4.69, 9.17) is 24.1 Å². The number of aromatic carboxylic acids is 1. The molecule has 0 radical (unpaired) electrons. The van der Waals surface area contributed by atoms with Crippen molar-refractivity contribution in [3.05, 3.63) is 173 Å². The number of carbonyl (C=O) groups excluding carboxylic acids is 2. The number of carboxylic acids is 1. The largest absolute Gasteiger partial charge is 1.00 e. The van der Waals surface area contributed by atoms with E-state index in [9.17, 15) is 58.3 Å². The summed E-state index contributed by atoms with van der Waals surface area (Å²) < 4.78 is 141. The first-order chi connectivity index (χ1) is 47.4. The molecule has 7 aromatic rings. The number of carboxylic acid groups (broad SMARTS) is 1. The minimum atomic E-state index is -3.99. The van der Waals surface area contributed by atoms with Gasteiger partial charge in [-0.1, -0.05) is 27.7 Å². The molecule has 4 saturated heterocycles. The smallest absolute Gasteiger partial charge is 0.883 e. The molecular weight excluding hydrogens is 1560 g/mol. The van der Waals surface area contributed by atoms with E-state index < -0.39 is 63.9 Å². The van der Waals surface area contributed by atoms with Crippen molar-refractivity contribution >= 4 is 160 Å². The molecule has 0 bridgehead atoms. The molecule has 0 unspecified atom stereocenters. The van der Waals surface area contributed by atoms with E-state index in [2.05, 4.69) is 64.0 Å². The van der Waals surface area contributed by atoms with Gasteiger partial charge in [-0.25, -0.2) is 39.6 Å². The van der Waals surface area contributed by atoms with Crippen molar-refractivity contribution in [1.29, 1.82) is 0 Å². The van der Waals surface area contributed by atoms with Gasteiger partial charge in [0.1, 0.15) is 14.6 Å². The number of carbonyl (C=O) groups is 3. The van der Waals surface area contributed by atoms with Gasteiger partial charge in [0, 0.05) is 78.8 Å². The van der Waals surface area contributed by atoms with Crippen LogP contribution in [0.3, 0.4) is 0 Å². The Balaban J connectivity index is 0.000000205. The van der Waals surface area contributed by atoms with Crippen molar-refractivity contribution in [3.8, 4) is 0 Å². The van der Waals surface area contributed by atoms with Gasteiger partial charge in [0.15, 0.2) is 0 Å². The van der Waals surface area contributed by atoms with Crippen LogP contribution in [0.25, 0.3) is 0 Å². The van der Waals surface area contributed by atoms with Crippen LogP contribution >= 0.6 is 61.7 Å². The van der Waals surface area contributed by atoms with Crippen molar-refractivity contribution in [3.63, 3.8) is 0 Å². The summed E-state index contributed by atoms with van der Waals surface area (Å²) in [7, 11) is -12.9. The summed E-state index contributed by atoms with van der Waals surface area (Å²) in [6, 6.07) is 30.2. The van der Waals surface area contributed by atoms with Gasteiger partial charge in [0.05, 0.1) is 109 Å². The number of benzene rings is 4. The molecule has 5 aliphatic rings. The molecular formula is C62H67BrN8Na2O20S8. The topological polar surface area (TPSA) is 380 Å². The third-order valence-electron chi connectivity index (χ3n) is 14.2. The zero-order chi connectivity index (χ0) is 71.2. The van der Waals surface area contributed by atoms with Gasteiger partial charge in [-0.3, -0.25) is 14.2 Å². The molecule has 4 fully saturated rings. The second-order valence-electron chi connectivity index (χ2n) is 20.7. The molecule has 532 valence electrons. The third kappa shape index (κ3) is 24.7. The summed E-state index contributed by atoms with van der Waals surface area (Å²) in [5.74, 6) is -3.75. The zero-order valence-electron chi connectivity index (χ0n) is 54.8. The molecule has 28 nitrogen and oxygen atoms in total. The number of esters is 2. The van der Waals surface area contributed by atoms with Gasteiger partial charge >= 0.3 is 77.0 Å². The quantitative estimate of drug-likeness (QED) is 0.0477. The summed E-state index contributed by atoms with van der Waals surface area (Å²) in [4.78, 5) is 41.2. The number of thiophene rings is 3. The number of ether oxygens (including phenoxy) is 6. The minimum Gasteiger partial charge on any atom is -0.883 e. The van der Waals surface area contributed by atoms with Crippen LogP contribution in [0.5, 0.6) is 0 Å². The van der Waals surface area contributed by atoms with E-state index in [0.717, 1.165) is 133 Å². The second-order valence-corrected chi connectivity index (χ2v) is 31.9. The Morgan fingerprint density at radius 2 is 0.832 bits per heavy atom. The fourth-order valence-electron chi connectivity index (χ4n) is 9.25. The summed E-state index contributed by atoms with van der Waals surface area (Å²) in [5.41, 5.74) is 3.18. The first-order valence-electron chi connectivity index (χ1n) is 29.7. The van der Waals surface area contributed by atoms with E-state index in [1.54, 1.807) is 71.4 Å². The predicted octanol–water partition coefficient (Wildman–Crippen LogP) is 0.771. The Kier molecular flexibility index (Phi) is 33.9. The molecule has 5 N–H and O–H groups in total. The molecule has 5 aliphatic heterocycles. The number of anilines is 6. The number of allylic oxidation sites excluding steroid dienone is 2. The van der Waals surface area contributed by atoms with Gasteiger partial charge in [-0.05, 0) is 143 Å². The standard InChI is InChI=1S/C16H18N2O5S2.2C15H16N2O5S2.C12H10BrNO4S2.C4H9NO.2Na/c1-22-16(19)15-14(6-11-24-15)17-25(20,21)13-4-2-12(3-5-13)18-7-9-23-10-8-18;2*18-15(19)14-13(5-10-23-14)16-24(20,21)12-3-1-11(2-4-12)17-6-8-22-9-7-17;1-18-12(15)11-10(6-7-19-11)14-20(16,17)9-4-2-8(13)3-5-9;1-3-6-4-2-5-1;;/h2-6,11,17H,7-10H2,1H3;1-5,10,18-19H,6-9H2;1-5,10,16H,6-9H2,(H,18,19);2-7,14H,1H3;5H,1-4H2;;/q;;;;;2*+1/p-2. The number of methoxy groups -OCH3 is 2. The van der Waals surface area contributed by atoms with Crippen molar-refractivity contribution in [2.45, 2.75) is 19.6 Å². The number of nitrogens with zero attached hydrogens (tertiary/aromatic N) is 4. The summed E-state index contributed by atoms with van der Waals surface area (Å²) in [6.45, 7) is 12.3. The number of thioether (sulfide) groups is 1. The van der Waals surface area contributed by atoms with Crippen LogP contribution in [0.15, 0.2) is 182 Å². The molecule has 8 heterocycles. The first-order valence-corrected chi connectivity index (χ1v) is 39.9. The van der Waals surface area contributed by atoms with E-state index in [1.807, 2.05) is 0 Å². The average Bonchev–Trinajstić information content (AvgIpc) is 1.60. The SMILES string of the molecule is C1COCCN1.COC(=O)c1sccc1NS(=O)(=O)c1ccc(Br)cc1.COC(=O)c1sccc1NS(=O)(=O)c1ccc(N2CCOCC2)cc1.O=C(O)c1sccc1NS(=O)(=O)c1ccc(N2CCOCC2)cc1.O=S(=O)(N=C1C=CSC1=C([O-])[O-])c1ccc(N2CCOCC2)cc1.[Na+].[Na+]. The van der Waals surface area contributed by atoms with Gasteiger partial charge in [-0.2, -0.15) is 18.8 Å². The molecule has 0 aliphatic carbocycles. The zero-order valence-corrected chi connectivity index (χ0v) is 66.9. The van der Waals surface area contributed by atoms with E-state index in [1.165, 1.54) is 85.7 Å². The van der Waals surface area contributed by atoms with Crippen molar-refractivity contribution < 1.29 is 151 Å². The molecule has 12 rings (SSSR count). The molecule has 39 heteroatoms. The number of sulfonamides is 4. The van der Waals surface area contributed by atoms with Crippen LogP contribution in [0.4, 0.5) is 34.1 Å². The number of halogens is 1. The molecule has 0 spiro atoms. The Morgan fingerprint density at radius 1 is 0.505 bits per heavy atom. The molecule has 4 aromatic carbocycles. The predicted molar refractivity (Wildman–Crippen MR) is 380 cm³/mol. The number of hydrogen-bond donors (Lipinski definition) is 5. The maximum atomic E-state index is 12.6. The van der Waals surface area contributed by atoms with Gasteiger partial charge in [0.25, 0.3) is 40.1 Å². The number of nitrogens with one attached hydrogen (secondary N) is 4. The van der Waals surface area contributed by atoms with E-state index in [-0.39, 0.29) is 121 Å². The normalized spacial score (nSPS) is 15.7. The van der Waals surface area contributed by atoms with Crippen LogP contribution in [-0.4, -0.2) is 182 Å². The Morgan fingerprint density at radius 3 is 1.15 bits per heavy atom. The maximum absolute atomic E-state index is 12.6. The molecule has 0 amide bonds. The maximum Gasteiger partial charge on any atom is 1.00 e. The average molecular weight is 1630 g/mol. The Bertz CT molecular complexity index is 4420. The fraction of sp³-hybridized carbons (Fsp3) is 0.290. The van der Waals surface area contributed by atoms with Crippen molar-refractivity contribution in [1.82, 2.24) is 5.32 Å². The number of rotatable bonds is 17. The third-order valence-corrected chi connectivity index (χ3v) is 23.8. The summed E-state index contributed by atoms with van der Waals surface area (Å²) in [5, 5.41) is 40.4. The van der Waals surface area contributed by atoms with Crippen LogP contribution < -0.4 is 104 Å². The van der Waals surface area contributed by atoms with Crippen LogP contribution in [0.2, 0.25) is 0 Å². The van der Waals surface area contributed by atoms with E-state index in [0.29, 0.717) is 39.6 Å². The van der Waals surface area contributed by atoms with Gasteiger partial charge < -0.3 is 63.8 Å². The van der Waals surface area contributed by atoms with Gasteiger partial charge in [-0.15, -0.1) is 34.0 Å². The van der Waals surface area contributed by atoms with Crippen LogP contribution in [0.1, 0.15) is 29.0 Å². The molecule has 3 aromatic heterocycles. The molecule has 101 heavy (non-hydrogen) atoms. The fourth-order valence-corrected chi connectivity index (χ4v) is 16.9. The number of morpholine rings is 4. The monoisotopic (exact) mass is 1620 g/mol. The molecule has 0 atom stereocenters. The van der Waals surface area contributed by atoms with E-state index >= 15 is 0 Å². The summed E-state index contributed by atoms with van der Waals surface area (Å²) >= 11 is 7.31. The first kappa shape index (κ1) is 84.3. The summed E-state index contributed by atoms with van der Waals surface area (Å²) in [6.07, 6.45) is 1.34. The Hall–Kier alpha value is -5.63. The second kappa shape index (κ2) is 40.6. The Labute approximate surface area is 654 Å². The van der Waals surface area contributed by atoms with Crippen molar-refractivity contribution in [2.24, 2.45) is 4.40 Å². The van der Waals surface area contributed by atoms with Gasteiger partial charge in [0.2, 0.25) is 0 Å². The van der Waals surface area contributed by atoms with Crippen molar-refractivity contribution in [2.75, 3.05) is 148 Å². The van der Waals surface area contributed by atoms with Crippen LogP contribution in [0, 0.1) is 0 Å².